The molecule has 1 aliphatic heterocycles. The van der Waals surface area contributed by atoms with E-state index < -0.39 is 30.1 Å². The summed E-state index contributed by atoms with van der Waals surface area (Å²) in [5.41, 5.74) is 1.24. The summed E-state index contributed by atoms with van der Waals surface area (Å²) in [6, 6.07) is 11.5. The number of likely N-dealkylation sites (tertiary alicyclic amines) is 1. The molecule has 168 valence electrons. The Labute approximate surface area is 189 Å². The van der Waals surface area contributed by atoms with Crippen LogP contribution in [0.5, 0.6) is 0 Å². The van der Waals surface area contributed by atoms with Crippen LogP contribution >= 0.6 is 11.3 Å². The van der Waals surface area contributed by atoms with Crippen LogP contribution in [0.15, 0.2) is 59.1 Å². The fourth-order valence-corrected chi connectivity index (χ4v) is 4.03. The van der Waals surface area contributed by atoms with Gasteiger partial charge in [0.2, 0.25) is 12.1 Å². The van der Waals surface area contributed by atoms with Gasteiger partial charge in [-0.25, -0.2) is 4.79 Å². The van der Waals surface area contributed by atoms with Gasteiger partial charge in [0.1, 0.15) is 5.70 Å². The zero-order valence-electron chi connectivity index (χ0n) is 18.0. The molecule has 2 atom stereocenters. The molecule has 0 radical (unpaired) electrons. The third-order valence-electron chi connectivity index (χ3n) is 4.81. The molecule has 1 aromatic heterocycles. The lowest BCUT2D eigenvalue weighted by Gasteiger charge is -2.46. The number of thiophene rings is 1. The Hall–Kier alpha value is -3.46. The number of carbonyl (C=O) groups excluding carboxylic acids is 4. The molecule has 1 aromatic carbocycles. The lowest BCUT2D eigenvalue weighted by Crippen LogP contribution is -2.72. The van der Waals surface area contributed by atoms with Crippen LogP contribution < -0.4 is 5.32 Å². The molecular formula is C23H24N2O6S. The van der Waals surface area contributed by atoms with Gasteiger partial charge in [-0.3, -0.25) is 19.3 Å². The molecule has 1 N–H and O–H groups in total. The van der Waals surface area contributed by atoms with E-state index in [1.165, 1.54) is 18.4 Å². The number of allylic oxidation sites excluding steroid dienone is 1. The van der Waals surface area contributed by atoms with Crippen molar-refractivity contribution in [1.82, 2.24) is 10.2 Å². The molecule has 3 rings (SSSR count). The van der Waals surface area contributed by atoms with Crippen LogP contribution in [0, 0.1) is 0 Å². The minimum absolute atomic E-state index is 0.0150. The Morgan fingerprint density at radius 3 is 2.38 bits per heavy atom. The fourth-order valence-electron chi connectivity index (χ4n) is 3.33. The first-order chi connectivity index (χ1) is 15.3. The maximum atomic E-state index is 12.9. The molecule has 2 heterocycles. The van der Waals surface area contributed by atoms with Crippen LogP contribution in [0.3, 0.4) is 0 Å². The summed E-state index contributed by atoms with van der Waals surface area (Å²) in [5.74, 6) is -2.25. The number of hydrogen-bond donors (Lipinski definition) is 1. The van der Waals surface area contributed by atoms with Gasteiger partial charge in [-0.05, 0) is 36.4 Å². The Kier molecular flexibility index (Phi) is 7.42. The second kappa shape index (κ2) is 10.2. The number of amides is 2. The standard InChI is InChI=1S/C23H24N2O6S/c1-14(2)20(23(29)30-3)25-21(28)19(24-17(26)13-16-10-7-11-32-16)22(25)31-18(27)12-15-8-5-4-6-9-15/h4-11,19,22H,12-13H2,1-3H3,(H,24,26)/t19-,22-/m1/s1. The Morgan fingerprint density at radius 2 is 1.78 bits per heavy atom. The van der Waals surface area contributed by atoms with E-state index in [1.807, 2.05) is 23.6 Å². The van der Waals surface area contributed by atoms with Crippen LogP contribution in [-0.4, -0.2) is 48.0 Å². The van der Waals surface area contributed by atoms with Crippen molar-refractivity contribution in [2.45, 2.75) is 39.0 Å². The topological polar surface area (TPSA) is 102 Å². The third-order valence-corrected chi connectivity index (χ3v) is 5.69. The van der Waals surface area contributed by atoms with Crippen molar-refractivity contribution in [2.24, 2.45) is 0 Å². The summed E-state index contributed by atoms with van der Waals surface area (Å²) in [7, 11) is 1.20. The Balaban J connectivity index is 1.79. The molecule has 1 aliphatic rings. The van der Waals surface area contributed by atoms with Crippen molar-refractivity contribution in [3.8, 4) is 0 Å². The fraction of sp³-hybridized carbons (Fsp3) is 0.304. The van der Waals surface area contributed by atoms with Crippen molar-refractivity contribution >= 4 is 35.1 Å². The normalized spacial score (nSPS) is 17.2. The highest BCUT2D eigenvalue weighted by atomic mass is 32.1. The Bertz CT molecular complexity index is 1030. The van der Waals surface area contributed by atoms with E-state index in [1.54, 1.807) is 38.1 Å². The zero-order chi connectivity index (χ0) is 23.3. The molecule has 1 saturated heterocycles. The lowest BCUT2D eigenvalue weighted by molar-refractivity contribution is -0.189. The van der Waals surface area contributed by atoms with Crippen LogP contribution in [0.25, 0.3) is 0 Å². The number of ether oxygens (including phenoxy) is 2. The van der Waals surface area contributed by atoms with Gasteiger partial charge in [0.15, 0.2) is 6.04 Å². The first-order valence-electron chi connectivity index (χ1n) is 9.95. The number of methoxy groups -OCH3 is 1. The minimum Gasteiger partial charge on any atom is -0.464 e. The molecule has 0 spiro atoms. The summed E-state index contributed by atoms with van der Waals surface area (Å²) in [5, 5.41) is 4.48. The van der Waals surface area contributed by atoms with E-state index in [4.69, 9.17) is 9.47 Å². The van der Waals surface area contributed by atoms with Crippen molar-refractivity contribution in [2.75, 3.05) is 7.11 Å². The summed E-state index contributed by atoms with van der Waals surface area (Å²) >= 11 is 1.42. The SMILES string of the molecule is COC(=O)C(=C(C)C)N1C(=O)[C@@H](NC(=O)Cc2cccs2)[C@H]1OC(=O)Cc1ccccc1. The first kappa shape index (κ1) is 23.2. The number of nitrogens with one attached hydrogen (secondary N) is 1. The van der Waals surface area contributed by atoms with Crippen LogP contribution in [0.4, 0.5) is 0 Å². The van der Waals surface area contributed by atoms with Gasteiger partial charge >= 0.3 is 11.9 Å². The lowest BCUT2D eigenvalue weighted by atomic mass is 10.0. The molecule has 0 saturated carbocycles. The van der Waals surface area contributed by atoms with Gasteiger partial charge in [0.05, 0.1) is 20.0 Å². The second-order valence-electron chi connectivity index (χ2n) is 7.39. The van der Waals surface area contributed by atoms with Crippen molar-refractivity contribution in [3.05, 3.63) is 69.6 Å². The smallest absolute Gasteiger partial charge is 0.354 e. The summed E-state index contributed by atoms with van der Waals surface area (Å²) in [4.78, 5) is 52.1. The summed E-state index contributed by atoms with van der Waals surface area (Å²) in [6.07, 6.45) is -1.08. The number of carbonyl (C=O) groups is 4. The predicted octanol–water partition coefficient (Wildman–Crippen LogP) is 2.20. The van der Waals surface area contributed by atoms with Crippen molar-refractivity contribution < 1.29 is 28.7 Å². The number of benzene rings is 1. The molecular weight excluding hydrogens is 432 g/mol. The van der Waals surface area contributed by atoms with Gasteiger partial charge in [-0.1, -0.05) is 36.4 Å². The highest BCUT2D eigenvalue weighted by Gasteiger charge is 2.54. The maximum absolute atomic E-state index is 12.9. The zero-order valence-corrected chi connectivity index (χ0v) is 18.8. The van der Waals surface area contributed by atoms with Gasteiger partial charge in [0.25, 0.3) is 5.91 Å². The number of nitrogens with zero attached hydrogens (tertiary/aromatic N) is 1. The van der Waals surface area contributed by atoms with E-state index in [0.29, 0.717) is 5.57 Å². The number of β-lactam (4-membered cyclic amide) rings is 1. The predicted molar refractivity (Wildman–Crippen MR) is 117 cm³/mol. The maximum Gasteiger partial charge on any atom is 0.354 e. The van der Waals surface area contributed by atoms with Crippen LogP contribution in [-0.2, 0) is 41.5 Å². The number of hydrogen-bond acceptors (Lipinski definition) is 7. The van der Waals surface area contributed by atoms with E-state index >= 15 is 0 Å². The van der Waals surface area contributed by atoms with Gasteiger partial charge in [-0.15, -0.1) is 11.3 Å². The molecule has 0 bridgehead atoms. The van der Waals surface area contributed by atoms with E-state index in [0.717, 1.165) is 15.3 Å². The molecule has 9 heteroatoms. The van der Waals surface area contributed by atoms with Crippen molar-refractivity contribution in [3.63, 3.8) is 0 Å². The van der Waals surface area contributed by atoms with Crippen LogP contribution in [0.1, 0.15) is 24.3 Å². The quantitative estimate of drug-likeness (QED) is 0.371. The summed E-state index contributed by atoms with van der Waals surface area (Å²) in [6.45, 7) is 3.29. The van der Waals surface area contributed by atoms with Crippen LogP contribution in [0.2, 0.25) is 0 Å². The van der Waals surface area contributed by atoms with Gasteiger partial charge < -0.3 is 14.8 Å². The van der Waals surface area contributed by atoms with Crippen molar-refractivity contribution in [1.29, 1.82) is 0 Å². The van der Waals surface area contributed by atoms with Gasteiger partial charge in [0, 0.05) is 4.88 Å². The van der Waals surface area contributed by atoms with E-state index in [-0.39, 0.29) is 24.4 Å². The molecule has 0 unspecified atom stereocenters. The van der Waals surface area contributed by atoms with E-state index in [9.17, 15) is 19.2 Å². The highest BCUT2D eigenvalue weighted by molar-refractivity contribution is 7.10. The molecule has 32 heavy (non-hydrogen) atoms. The highest BCUT2D eigenvalue weighted by Crippen LogP contribution is 2.29. The number of esters is 2. The molecule has 8 nitrogen and oxygen atoms in total. The number of rotatable bonds is 8. The third kappa shape index (κ3) is 5.23. The largest absolute Gasteiger partial charge is 0.464 e. The van der Waals surface area contributed by atoms with Gasteiger partial charge in [-0.2, -0.15) is 0 Å². The second-order valence-corrected chi connectivity index (χ2v) is 8.42. The monoisotopic (exact) mass is 456 g/mol. The average molecular weight is 457 g/mol. The minimum atomic E-state index is -1.16. The molecule has 0 aliphatic carbocycles. The average Bonchev–Trinajstić information content (AvgIpc) is 3.27. The molecule has 2 aromatic rings. The van der Waals surface area contributed by atoms with E-state index in [2.05, 4.69) is 5.32 Å². The Morgan fingerprint density at radius 1 is 1.06 bits per heavy atom. The molecule has 2 amide bonds. The summed E-state index contributed by atoms with van der Waals surface area (Å²) < 4.78 is 10.4. The molecule has 1 fully saturated rings. The first-order valence-corrected chi connectivity index (χ1v) is 10.8.